The van der Waals surface area contributed by atoms with Crippen LogP contribution in [0.15, 0.2) is 18.2 Å². The summed E-state index contributed by atoms with van der Waals surface area (Å²) in [5, 5.41) is 3.17. The van der Waals surface area contributed by atoms with Gasteiger partial charge >= 0.3 is 6.03 Å². The van der Waals surface area contributed by atoms with Crippen LogP contribution in [0.3, 0.4) is 0 Å². The molecule has 2 rings (SSSR count). The Morgan fingerprint density at radius 3 is 2.20 bits per heavy atom. The van der Waals surface area contributed by atoms with Crippen molar-refractivity contribution in [3.63, 3.8) is 0 Å². The summed E-state index contributed by atoms with van der Waals surface area (Å²) in [6.07, 6.45) is 0. The van der Waals surface area contributed by atoms with E-state index in [0.29, 0.717) is 15.7 Å². The molecule has 0 spiro atoms. The first-order chi connectivity index (χ1) is 7.08. The van der Waals surface area contributed by atoms with E-state index < -0.39 is 6.03 Å². The van der Waals surface area contributed by atoms with Crippen molar-refractivity contribution >= 4 is 40.8 Å². The molecule has 0 saturated carbocycles. The molecule has 3 amide bonds. The fourth-order valence-electron chi connectivity index (χ4n) is 1.35. The molecule has 1 N–H and O–H groups in total. The number of hydrogen-bond donors (Lipinski definition) is 1. The number of amides is 3. The SMILES string of the molecule is O=C1CNC(=O)N1c1cc(Cl)cc(Cl)c1. The third-order valence-electron chi connectivity index (χ3n) is 1.95. The average Bonchev–Trinajstić information content (AvgIpc) is 2.44. The van der Waals surface area contributed by atoms with Gasteiger partial charge in [-0.3, -0.25) is 4.79 Å². The zero-order chi connectivity index (χ0) is 11.0. The van der Waals surface area contributed by atoms with Crippen LogP contribution in [0.25, 0.3) is 0 Å². The standard InChI is InChI=1S/C9H6Cl2N2O2/c10-5-1-6(11)3-7(2-5)13-8(14)4-12-9(13)15/h1-3H,4H2,(H,12,15). The second-order valence-electron chi connectivity index (χ2n) is 3.02. The minimum Gasteiger partial charge on any atom is -0.328 e. The Labute approximate surface area is 95.8 Å². The molecule has 0 bridgehead atoms. The lowest BCUT2D eigenvalue weighted by Gasteiger charge is -2.12. The molecule has 0 radical (unpaired) electrons. The van der Waals surface area contributed by atoms with Crippen LogP contribution >= 0.6 is 23.2 Å². The Morgan fingerprint density at radius 2 is 1.73 bits per heavy atom. The van der Waals surface area contributed by atoms with Crippen LogP contribution in [-0.2, 0) is 4.79 Å². The summed E-state index contributed by atoms with van der Waals surface area (Å²) in [6.45, 7) is 0.00294. The van der Waals surface area contributed by atoms with Crippen molar-refractivity contribution in [1.82, 2.24) is 5.32 Å². The van der Waals surface area contributed by atoms with Gasteiger partial charge in [0.1, 0.15) is 0 Å². The second-order valence-corrected chi connectivity index (χ2v) is 3.89. The number of carbonyl (C=O) groups excluding carboxylic acids is 2. The van der Waals surface area contributed by atoms with E-state index >= 15 is 0 Å². The second kappa shape index (κ2) is 3.72. The largest absolute Gasteiger partial charge is 0.329 e. The van der Waals surface area contributed by atoms with Crippen molar-refractivity contribution in [2.45, 2.75) is 0 Å². The summed E-state index contributed by atoms with van der Waals surface area (Å²) in [7, 11) is 0. The van der Waals surface area contributed by atoms with Gasteiger partial charge in [0.2, 0.25) is 0 Å². The number of benzene rings is 1. The van der Waals surface area contributed by atoms with E-state index in [2.05, 4.69) is 5.32 Å². The maximum absolute atomic E-state index is 11.4. The summed E-state index contributed by atoms with van der Waals surface area (Å²) in [4.78, 5) is 23.7. The molecule has 1 aliphatic heterocycles. The summed E-state index contributed by atoms with van der Waals surface area (Å²) in [5.74, 6) is -0.321. The number of nitrogens with zero attached hydrogens (tertiary/aromatic N) is 1. The topological polar surface area (TPSA) is 49.4 Å². The molecule has 0 aromatic heterocycles. The van der Waals surface area contributed by atoms with E-state index in [1.807, 2.05) is 0 Å². The van der Waals surface area contributed by atoms with E-state index in [1.54, 1.807) is 0 Å². The van der Waals surface area contributed by atoms with Crippen molar-refractivity contribution in [3.8, 4) is 0 Å². The molecule has 1 aromatic rings. The first-order valence-electron chi connectivity index (χ1n) is 4.15. The van der Waals surface area contributed by atoms with Crippen LogP contribution in [0.5, 0.6) is 0 Å². The van der Waals surface area contributed by atoms with E-state index in [9.17, 15) is 9.59 Å². The van der Waals surface area contributed by atoms with Gasteiger partial charge in [-0.15, -0.1) is 0 Å². The molecular formula is C9H6Cl2N2O2. The number of halogens is 2. The minimum atomic E-state index is -0.460. The van der Waals surface area contributed by atoms with Crippen molar-refractivity contribution in [2.75, 3.05) is 11.4 Å². The van der Waals surface area contributed by atoms with Crippen LogP contribution in [-0.4, -0.2) is 18.5 Å². The maximum Gasteiger partial charge on any atom is 0.329 e. The van der Waals surface area contributed by atoms with E-state index in [1.165, 1.54) is 18.2 Å². The number of urea groups is 1. The highest BCUT2D eigenvalue weighted by Gasteiger charge is 2.30. The number of carbonyl (C=O) groups is 2. The van der Waals surface area contributed by atoms with Gasteiger partial charge in [-0.1, -0.05) is 23.2 Å². The number of rotatable bonds is 1. The Kier molecular flexibility index (Phi) is 2.54. The predicted octanol–water partition coefficient (Wildman–Crippen LogP) is 2.05. The highest BCUT2D eigenvalue weighted by Crippen LogP contribution is 2.26. The number of nitrogens with one attached hydrogen (secondary N) is 1. The van der Waals surface area contributed by atoms with Gasteiger partial charge in [-0.25, -0.2) is 9.69 Å². The van der Waals surface area contributed by atoms with Gasteiger partial charge in [0, 0.05) is 10.0 Å². The maximum atomic E-state index is 11.4. The molecule has 1 saturated heterocycles. The third kappa shape index (κ3) is 1.91. The highest BCUT2D eigenvalue weighted by atomic mass is 35.5. The quantitative estimate of drug-likeness (QED) is 0.769. The molecule has 6 heteroatoms. The van der Waals surface area contributed by atoms with E-state index in [-0.39, 0.29) is 12.5 Å². The number of anilines is 1. The van der Waals surface area contributed by atoms with Gasteiger partial charge in [-0.05, 0) is 18.2 Å². The molecule has 0 atom stereocenters. The normalized spacial score (nSPS) is 15.7. The van der Waals surface area contributed by atoms with Gasteiger partial charge in [0.15, 0.2) is 0 Å². The van der Waals surface area contributed by atoms with Gasteiger partial charge in [0.05, 0.1) is 12.2 Å². The average molecular weight is 245 g/mol. The highest BCUT2D eigenvalue weighted by molar-refractivity contribution is 6.35. The Bertz CT molecular complexity index is 411. The molecule has 1 aliphatic rings. The van der Waals surface area contributed by atoms with Gasteiger partial charge < -0.3 is 5.32 Å². The zero-order valence-corrected chi connectivity index (χ0v) is 8.97. The monoisotopic (exact) mass is 244 g/mol. The molecule has 4 nitrogen and oxygen atoms in total. The number of hydrogen-bond acceptors (Lipinski definition) is 2. The van der Waals surface area contributed by atoms with Crippen LogP contribution in [0, 0.1) is 0 Å². The Hall–Kier alpha value is -1.26. The zero-order valence-electron chi connectivity index (χ0n) is 7.46. The number of imide groups is 1. The molecule has 1 fully saturated rings. The minimum absolute atomic E-state index is 0.00294. The van der Waals surface area contributed by atoms with Crippen molar-refractivity contribution < 1.29 is 9.59 Å². The fourth-order valence-corrected chi connectivity index (χ4v) is 1.87. The van der Waals surface area contributed by atoms with E-state index in [4.69, 9.17) is 23.2 Å². The molecule has 15 heavy (non-hydrogen) atoms. The van der Waals surface area contributed by atoms with Crippen molar-refractivity contribution in [3.05, 3.63) is 28.2 Å². The molecule has 0 aliphatic carbocycles. The molecular weight excluding hydrogens is 239 g/mol. The summed E-state index contributed by atoms with van der Waals surface area (Å²) in [5.41, 5.74) is 0.382. The lowest BCUT2D eigenvalue weighted by molar-refractivity contribution is -0.115. The summed E-state index contributed by atoms with van der Waals surface area (Å²) in [6, 6.07) is 4.09. The van der Waals surface area contributed by atoms with Crippen LogP contribution in [0.2, 0.25) is 10.0 Å². The van der Waals surface area contributed by atoms with Crippen LogP contribution in [0.1, 0.15) is 0 Å². The molecule has 1 heterocycles. The smallest absolute Gasteiger partial charge is 0.328 e. The van der Waals surface area contributed by atoms with Gasteiger partial charge in [0.25, 0.3) is 5.91 Å². The predicted molar refractivity (Wildman–Crippen MR) is 57.3 cm³/mol. The first kappa shape index (κ1) is 10.3. The Morgan fingerprint density at radius 1 is 1.13 bits per heavy atom. The van der Waals surface area contributed by atoms with Crippen molar-refractivity contribution in [2.24, 2.45) is 0 Å². The van der Waals surface area contributed by atoms with Crippen molar-refractivity contribution in [1.29, 1.82) is 0 Å². The van der Waals surface area contributed by atoms with Crippen LogP contribution < -0.4 is 10.2 Å². The molecule has 1 aromatic carbocycles. The van der Waals surface area contributed by atoms with E-state index in [0.717, 1.165) is 4.90 Å². The summed E-state index contributed by atoms with van der Waals surface area (Å²) < 4.78 is 0. The van der Waals surface area contributed by atoms with Crippen LogP contribution in [0.4, 0.5) is 10.5 Å². The lowest BCUT2D eigenvalue weighted by Crippen LogP contribution is -2.30. The first-order valence-corrected chi connectivity index (χ1v) is 4.90. The van der Waals surface area contributed by atoms with Gasteiger partial charge in [-0.2, -0.15) is 0 Å². The third-order valence-corrected chi connectivity index (χ3v) is 2.39. The fraction of sp³-hybridized carbons (Fsp3) is 0.111. The Balaban J connectivity index is 2.44. The summed E-state index contributed by atoms with van der Waals surface area (Å²) >= 11 is 11.5. The lowest BCUT2D eigenvalue weighted by atomic mass is 10.3. The molecule has 78 valence electrons. The molecule has 0 unspecified atom stereocenters.